The van der Waals surface area contributed by atoms with Gasteiger partial charge in [0.2, 0.25) is 0 Å². The van der Waals surface area contributed by atoms with Gasteiger partial charge in [0.1, 0.15) is 19.3 Å². The summed E-state index contributed by atoms with van der Waals surface area (Å²) < 4.78 is 68.5. The van der Waals surface area contributed by atoms with E-state index < -0.39 is 97.5 Å². The second-order valence-electron chi connectivity index (χ2n) is 28.0. The van der Waals surface area contributed by atoms with E-state index in [0.717, 1.165) is 102 Å². The second-order valence-corrected chi connectivity index (χ2v) is 30.9. The van der Waals surface area contributed by atoms with Crippen LogP contribution in [0.4, 0.5) is 0 Å². The molecule has 0 aliphatic carbocycles. The number of hydrogen-bond acceptors (Lipinski definition) is 15. The Balaban J connectivity index is 5.24. The number of esters is 4. The first-order valence-electron chi connectivity index (χ1n) is 39.0. The van der Waals surface area contributed by atoms with Gasteiger partial charge in [0.05, 0.1) is 26.4 Å². The van der Waals surface area contributed by atoms with Gasteiger partial charge in [-0.1, -0.05) is 337 Å². The number of unbranched alkanes of at least 4 members (excludes halogenated alkanes) is 44. The van der Waals surface area contributed by atoms with Crippen molar-refractivity contribution in [3.63, 3.8) is 0 Å². The van der Waals surface area contributed by atoms with Crippen LogP contribution in [0.3, 0.4) is 0 Å². The molecule has 0 fully saturated rings. The molecule has 0 aliphatic rings. The van der Waals surface area contributed by atoms with Crippen molar-refractivity contribution in [2.45, 2.75) is 407 Å². The Morgan fingerprint density at radius 1 is 0.287 bits per heavy atom. The fourth-order valence-electron chi connectivity index (χ4n) is 11.5. The molecular weight excluding hydrogens is 1230 g/mol. The molecule has 0 aromatic carbocycles. The van der Waals surface area contributed by atoms with E-state index in [9.17, 15) is 43.2 Å². The molecule has 0 aromatic rings. The molecule has 0 aromatic heterocycles. The van der Waals surface area contributed by atoms with Crippen LogP contribution < -0.4 is 0 Å². The molecule has 558 valence electrons. The van der Waals surface area contributed by atoms with Crippen molar-refractivity contribution in [2.75, 3.05) is 39.6 Å². The number of phosphoric acid groups is 2. The molecule has 0 heterocycles. The van der Waals surface area contributed by atoms with Gasteiger partial charge in [-0.25, -0.2) is 9.13 Å². The molecule has 0 saturated carbocycles. The maximum atomic E-state index is 13.1. The van der Waals surface area contributed by atoms with Crippen LogP contribution in [0.2, 0.25) is 0 Å². The van der Waals surface area contributed by atoms with Crippen LogP contribution in [-0.4, -0.2) is 96.7 Å². The third kappa shape index (κ3) is 68.6. The number of aliphatic hydroxyl groups is 1. The molecule has 3 N–H and O–H groups in total. The molecule has 2 unspecified atom stereocenters. The van der Waals surface area contributed by atoms with Crippen LogP contribution in [0.1, 0.15) is 388 Å². The van der Waals surface area contributed by atoms with E-state index in [4.69, 9.17) is 37.0 Å². The molecule has 19 heteroatoms. The molecular formula is C75H146O17P2. The van der Waals surface area contributed by atoms with E-state index in [1.807, 2.05) is 0 Å². The zero-order valence-corrected chi connectivity index (χ0v) is 63.1. The fourth-order valence-corrected chi connectivity index (χ4v) is 13.1. The van der Waals surface area contributed by atoms with Gasteiger partial charge >= 0.3 is 39.5 Å². The van der Waals surface area contributed by atoms with E-state index in [1.165, 1.54) is 205 Å². The van der Waals surface area contributed by atoms with Crippen molar-refractivity contribution in [1.82, 2.24) is 0 Å². The summed E-state index contributed by atoms with van der Waals surface area (Å²) in [5, 5.41) is 10.6. The van der Waals surface area contributed by atoms with Crippen molar-refractivity contribution in [1.29, 1.82) is 0 Å². The Kier molecular flexibility index (Phi) is 65.5. The zero-order chi connectivity index (χ0) is 69.3. The lowest BCUT2D eigenvalue weighted by Gasteiger charge is -2.21. The summed E-state index contributed by atoms with van der Waals surface area (Å²) in [6, 6.07) is 0. The second kappa shape index (κ2) is 66.9. The van der Waals surface area contributed by atoms with Crippen LogP contribution in [0, 0.1) is 11.8 Å². The number of carbonyl (C=O) groups is 4. The minimum atomic E-state index is -4.96. The van der Waals surface area contributed by atoms with Gasteiger partial charge in [-0.05, 0) is 37.5 Å². The maximum Gasteiger partial charge on any atom is 0.472 e. The largest absolute Gasteiger partial charge is 0.472 e. The summed E-state index contributed by atoms with van der Waals surface area (Å²) >= 11 is 0. The first-order valence-corrected chi connectivity index (χ1v) is 42.0. The quantitative estimate of drug-likeness (QED) is 0.0222. The lowest BCUT2D eigenvalue weighted by molar-refractivity contribution is -0.161. The number of phosphoric ester groups is 2. The third-order valence-corrected chi connectivity index (χ3v) is 19.4. The molecule has 0 spiro atoms. The Labute approximate surface area is 575 Å². The Morgan fingerprint density at radius 2 is 0.489 bits per heavy atom. The van der Waals surface area contributed by atoms with E-state index in [-0.39, 0.29) is 25.7 Å². The minimum Gasteiger partial charge on any atom is -0.462 e. The SMILES string of the molecule is CCCCCCCCCCCCCCCCCCCC(=O)O[C@H](COC(=O)CCCCCCCCCCCCCCC(C)C)COP(=O)(O)OC[C@@H](O)COP(=O)(O)OC[C@@H](COC(=O)CCCCCCCCCCCCC)OC(=O)CCCCCCCCCCC(C)C. The van der Waals surface area contributed by atoms with Gasteiger partial charge < -0.3 is 33.8 Å². The monoisotopic (exact) mass is 1380 g/mol. The van der Waals surface area contributed by atoms with Crippen LogP contribution in [0.15, 0.2) is 0 Å². The van der Waals surface area contributed by atoms with Gasteiger partial charge in [-0.2, -0.15) is 0 Å². The molecule has 17 nitrogen and oxygen atoms in total. The predicted molar refractivity (Wildman–Crippen MR) is 381 cm³/mol. The minimum absolute atomic E-state index is 0.105. The highest BCUT2D eigenvalue weighted by atomic mass is 31.2. The lowest BCUT2D eigenvalue weighted by Crippen LogP contribution is -2.30. The topological polar surface area (TPSA) is 237 Å². The highest BCUT2D eigenvalue weighted by molar-refractivity contribution is 7.47. The summed E-state index contributed by atoms with van der Waals surface area (Å²) in [6.45, 7) is 9.56. The standard InChI is InChI=1S/C75H146O17P2/c1-7-9-11-13-15-17-19-20-21-22-23-24-30-34-41-47-53-59-74(79)91-70(63-86-73(78)58-52-46-40-33-29-26-25-28-31-37-43-49-55-67(3)4)65-89-93(81,82)87-61-69(76)62-88-94(83,84)90-66-71(92-75(80)60-54-48-42-36-35-38-44-50-56-68(5)6)64-85-72(77)57-51-45-39-32-27-18-16-14-12-10-8-2/h67-71,76H,7-66H2,1-6H3,(H,81,82)(H,83,84)/t69-,70-,71-/m1/s1. The summed E-state index contributed by atoms with van der Waals surface area (Å²) in [7, 11) is -9.91. The number of rotatable bonds is 74. The highest BCUT2D eigenvalue weighted by Gasteiger charge is 2.30. The molecule has 0 amide bonds. The van der Waals surface area contributed by atoms with Crippen molar-refractivity contribution in [3.8, 4) is 0 Å². The van der Waals surface area contributed by atoms with Gasteiger partial charge in [0.15, 0.2) is 12.2 Å². The molecule has 94 heavy (non-hydrogen) atoms. The number of ether oxygens (including phenoxy) is 4. The average Bonchev–Trinajstić information content (AvgIpc) is 1.33. The molecule has 0 aliphatic heterocycles. The zero-order valence-electron chi connectivity index (χ0n) is 61.3. The molecule has 0 saturated heterocycles. The van der Waals surface area contributed by atoms with Crippen molar-refractivity contribution in [2.24, 2.45) is 11.8 Å². The highest BCUT2D eigenvalue weighted by Crippen LogP contribution is 2.45. The number of aliphatic hydroxyl groups excluding tert-OH is 1. The normalized spacial score (nSPS) is 14.0. The number of hydrogen-bond donors (Lipinski definition) is 3. The van der Waals surface area contributed by atoms with E-state index >= 15 is 0 Å². The van der Waals surface area contributed by atoms with E-state index in [0.29, 0.717) is 25.7 Å². The maximum absolute atomic E-state index is 13.1. The lowest BCUT2D eigenvalue weighted by atomic mass is 10.0. The molecule has 5 atom stereocenters. The average molecular weight is 1380 g/mol. The fraction of sp³-hybridized carbons (Fsp3) is 0.947. The Hall–Kier alpha value is -1.94. The van der Waals surface area contributed by atoms with E-state index in [1.54, 1.807) is 0 Å². The summed E-state index contributed by atoms with van der Waals surface area (Å²) in [4.78, 5) is 72.8. The van der Waals surface area contributed by atoms with Gasteiger partial charge in [0.25, 0.3) is 0 Å². The first-order chi connectivity index (χ1) is 45.4. The molecule has 0 rings (SSSR count). The van der Waals surface area contributed by atoms with Crippen molar-refractivity contribution >= 4 is 39.5 Å². The summed E-state index contributed by atoms with van der Waals surface area (Å²) in [6.07, 6.45) is 54.1. The van der Waals surface area contributed by atoms with Crippen LogP contribution >= 0.6 is 15.6 Å². The Bertz CT molecular complexity index is 1820. The molecule has 0 bridgehead atoms. The first kappa shape index (κ1) is 92.1. The molecule has 0 radical (unpaired) electrons. The Morgan fingerprint density at radius 3 is 0.723 bits per heavy atom. The van der Waals surface area contributed by atoms with Crippen LogP contribution in [0.25, 0.3) is 0 Å². The van der Waals surface area contributed by atoms with Gasteiger partial charge in [-0.15, -0.1) is 0 Å². The van der Waals surface area contributed by atoms with Crippen molar-refractivity contribution in [3.05, 3.63) is 0 Å². The predicted octanol–water partition coefficient (Wildman–Crippen LogP) is 21.9. The van der Waals surface area contributed by atoms with Gasteiger partial charge in [0, 0.05) is 25.7 Å². The summed E-state index contributed by atoms with van der Waals surface area (Å²) in [5.41, 5.74) is 0. The van der Waals surface area contributed by atoms with Crippen LogP contribution in [-0.2, 0) is 65.4 Å². The van der Waals surface area contributed by atoms with Crippen molar-refractivity contribution < 1.29 is 80.2 Å². The smallest absolute Gasteiger partial charge is 0.462 e. The van der Waals surface area contributed by atoms with E-state index in [2.05, 4.69) is 41.5 Å². The third-order valence-electron chi connectivity index (χ3n) is 17.5. The number of carbonyl (C=O) groups excluding carboxylic acids is 4. The van der Waals surface area contributed by atoms with Crippen LogP contribution in [0.5, 0.6) is 0 Å². The summed E-state index contributed by atoms with van der Waals surface area (Å²) in [5.74, 6) is -0.617. The van der Waals surface area contributed by atoms with Gasteiger partial charge in [-0.3, -0.25) is 37.3 Å².